The van der Waals surface area contributed by atoms with Gasteiger partial charge < -0.3 is 0 Å². The molecule has 6 aromatic rings. The lowest BCUT2D eigenvalue weighted by atomic mass is 9.77. The summed E-state index contributed by atoms with van der Waals surface area (Å²) in [6.07, 6.45) is 0.969. The third kappa shape index (κ3) is 3.10. The Labute approximate surface area is 223 Å². The fourth-order valence-electron chi connectivity index (χ4n) is 6.85. The maximum atomic E-state index is 2.47. The number of hydrogen-bond acceptors (Lipinski definition) is 0. The Balaban J connectivity index is 1.54. The molecule has 0 N–H and O–H groups in total. The molecule has 178 valence electrons. The maximum Gasteiger partial charge on any atom is 0.0361 e. The van der Waals surface area contributed by atoms with Crippen molar-refractivity contribution in [2.24, 2.45) is 0 Å². The third-order valence-corrected chi connectivity index (χ3v) is 8.42. The van der Waals surface area contributed by atoms with E-state index in [2.05, 4.69) is 140 Å². The molecule has 0 spiro atoms. The Morgan fingerprint density at radius 3 is 1.61 bits per heavy atom. The molecule has 0 atom stereocenters. The topological polar surface area (TPSA) is 0 Å². The van der Waals surface area contributed by atoms with Crippen molar-refractivity contribution >= 4 is 0 Å². The van der Waals surface area contributed by atoms with Crippen molar-refractivity contribution in [2.75, 3.05) is 0 Å². The van der Waals surface area contributed by atoms with Crippen LogP contribution in [0.3, 0.4) is 0 Å². The van der Waals surface area contributed by atoms with Crippen molar-refractivity contribution in [3.8, 4) is 44.5 Å². The smallest absolute Gasteiger partial charge is 0.0361 e. The Hall–Kier alpha value is -4.68. The van der Waals surface area contributed by atoms with E-state index in [-0.39, 0.29) is 5.92 Å². The van der Waals surface area contributed by atoms with Crippen molar-refractivity contribution in [2.45, 2.75) is 12.3 Å². The van der Waals surface area contributed by atoms with Crippen molar-refractivity contribution in [1.82, 2.24) is 0 Å². The molecule has 0 saturated heterocycles. The molecule has 0 radical (unpaired) electrons. The summed E-state index contributed by atoms with van der Waals surface area (Å²) in [5.41, 5.74) is 17.9. The van der Waals surface area contributed by atoms with Crippen LogP contribution in [0.25, 0.3) is 44.5 Å². The lowest BCUT2D eigenvalue weighted by molar-refractivity contribution is 0.990. The fourth-order valence-corrected chi connectivity index (χ4v) is 6.85. The largest absolute Gasteiger partial charge is 0.0622 e. The average molecular weight is 483 g/mol. The van der Waals surface area contributed by atoms with Crippen LogP contribution in [0.5, 0.6) is 0 Å². The first-order valence-electron chi connectivity index (χ1n) is 13.5. The van der Waals surface area contributed by atoms with Crippen LogP contribution in [0.2, 0.25) is 0 Å². The van der Waals surface area contributed by atoms with Crippen LogP contribution in [0, 0.1) is 0 Å². The summed E-state index contributed by atoms with van der Waals surface area (Å²) in [5, 5.41) is 0. The van der Waals surface area contributed by atoms with E-state index in [1.807, 2.05) is 0 Å². The number of fused-ring (bicyclic) bond motifs is 6. The standard InChI is InChI=1S/C38H26/c1-3-13-25(14-4-1)33-24-34-28-18-8-7-17-27(28)23-35(34)38(36(33)26-15-5-2-6-16-26)37-31-21-11-9-19-29(31)30-20-10-12-22-32(30)37/h1-22,24,37H,23H2. The van der Waals surface area contributed by atoms with Crippen LogP contribution in [-0.2, 0) is 6.42 Å². The minimum Gasteiger partial charge on any atom is -0.0622 e. The number of hydrogen-bond donors (Lipinski definition) is 0. The minimum absolute atomic E-state index is 0.185. The molecular weight excluding hydrogens is 456 g/mol. The van der Waals surface area contributed by atoms with Gasteiger partial charge in [-0.3, -0.25) is 0 Å². The molecule has 0 nitrogen and oxygen atoms in total. The van der Waals surface area contributed by atoms with Crippen molar-refractivity contribution in [3.63, 3.8) is 0 Å². The highest BCUT2D eigenvalue weighted by molar-refractivity contribution is 5.96. The van der Waals surface area contributed by atoms with Gasteiger partial charge >= 0.3 is 0 Å². The molecule has 38 heavy (non-hydrogen) atoms. The van der Waals surface area contributed by atoms with E-state index in [9.17, 15) is 0 Å². The second-order valence-electron chi connectivity index (χ2n) is 10.4. The van der Waals surface area contributed by atoms with E-state index < -0.39 is 0 Å². The normalized spacial score (nSPS) is 13.1. The van der Waals surface area contributed by atoms with E-state index in [0.717, 1.165) is 6.42 Å². The average Bonchev–Trinajstić information content (AvgIpc) is 3.53. The van der Waals surface area contributed by atoms with Crippen molar-refractivity contribution < 1.29 is 0 Å². The molecule has 2 aliphatic rings. The zero-order valence-electron chi connectivity index (χ0n) is 21.1. The van der Waals surface area contributed by atoms with Gasteiger partial charge in [-0.25, -0.2) is 0 Å². The zero-order valence-corrected chi connectivity index (χ0v) is 21.1. The van der Waals surface area contributed by atoms with Gasteiger partial charge in [-0.05, 0) is 84.8 Å². The molecule has 0 heteroatoms. The summed E-state index contributed by atoms with van der Waals surface area (Å²) >= 11 is 0. The van der Waals surface area contributed by atoms with Gasteiger partial charge in [0.15, 0.2) is 0 Å². The monoisotopic (exact) mass is 482 g/mol. The summed E-state index contributed by atoms with van der Waals surface area (Å²) < 4.78 is 0. The summed E-state index contributed by atoms with van der Waals surface area (Å²) in [7, 11) is 0. The quantitative estimate of drug-likeness (QED) is 0.235. The first kappa shape index (κ1) is 21.4. The molecule has 2 aliphatic carbocycles. The van der Waals surface area contributed by atoms with E-state index >= 15 is 0 Å². The molecule has 0 aliphatic heterocycles. The van der Waals surface area contributed by atoms with Gasteiger partial charge in [-0.1, -0.05) is 133 Å². The molecule has 0 fully saturated rings. The van der Waals surface area contributed by atoms with Crippen LogP contribution in [0.15, 0.2) is 140 Å². The van der Waals surface area contributed by atoms with Gasteiger partial charge in [-0.15, -0.1) is 0 Å². The highest BCUT2D eigenvalue weighted by atomic mass is 14.4. The highest BCUT2D eigenvalue weighted by Crippen LogP contribution is 2.55. The van der Waals surface area contributed by atoms with Crippen LogP contribution in [0.1, 0.15) is 33.7 Å². The molecule has 6 aromatic carbocycles. The minimum atomic E-state index is 0.185. The Morgan fingerprint density at radius 1 is 0.421 bits per heavy atom. The van der Waals surface area contributed by atoms with Crippen molar-refractivity contribution in [1.29, 1.82) is 0 Å². The van der Waals surface area contributed by atoms with Crippen LogP contribution < -0.4 is 0 Å². The van der Waals surface area contributed by atoms with E-state index in [4.69, 9.17) is 0 Å². The summed E-state index contributed by atoms with van der Waals surface area (Å²) in [6.45, 7) is 0. The second-order valence-corrected chi connectivity index (χ2v) is 10.4. The maximum absolute atomic E-state index is 2.47. The van der Waals surface area contributed by atoms with Gasteiger partial charge in [0.2, 0.25) is 0 Å². The molecule has 0 unspecified atom stereocenters. The first-order valence-corrected chi connectivity index (χ1v) is 13.5. The zero-order chi connectivity index (χ0) is 25.1. The highest BCUT2D eigenvalue weighted by Gasteiger charge is 2.36. The molecule has 0 bridgehead atoms. The van der Waals surface area contributed by atoms with Gasteiger partial charge in [0, 0.05) is 5.92 Å². The van der Waals surface area contributed by atoms with Gasteiger partial charge in [0.05, 0.1) is 0 Å². The van der Waals surface area contributed by atoms with E-state index in [1.165, 1.54) is 72.3 Å². The Morgan fingerprint density at radius 2 is 0.947 bits per heavy atom. The van der Waals surface area contributed by atoms with Crippen molar-refractivity contribution in [3.05, 3.63) is 167 Å². The summed E-state index contributed by atoms with van der Waals surface area (Å²) in [6, 6.07) is 51.5. The fraction of sp³-hybridized carbons (Fsp3) is 0.0526. The lowest BCUT2D eigenvalue weighted by Gasteiger charge is -2.26. The molecule has 0 heterocycles. The summed E-state index contributed by atoms with van der Waals surface area (Å²) in [4.78, 5) is 0. The third-order valence-electron chi connectivity index (χ3n) is 8.42. The predicted octanol–water partition coefficient (Wildman–Crippen LogP) is 9.75. The molecule has 0 amide bonds. The molecule has 0 saturated carbocycles. The first-order chi connectivity index (χ1) is 18.9. The SMILES string of the molecule is c1ccc(-c2cc3c(c(C4c5ccccc5-c5ccccc54)c2-c2ccccc2)Cc2ccccc2-3)cc1. The number of rotatable bonds is 3. The van der Waals surface area contributed by atoms with Crippen LogP contribution in [-0.4, -0.2) is 0 Å². The van der Waals surface area contributed by atoms with Crippen LogP contribution >= 0.6 is 0 Å². The lowest BCUT2D eigenvalue weighted by Crippen LogP contribution is -2.07. The molecule has 8 rings (SSSR count). The predicted molar refractivity (Wildman–Crippen MR) is 158 cm³/mol. The second kappa shape index (κ2) is 8.43. The van der Waals surface area contributed by atoms with Crippen LogP contribution in [0.4, 0.5) is 0 Å². The van der Waals surface area contributed by atoms with Gasteiger partial charge in [0.1, 0.15) is 0 Å². The Bertz CT molecular complexity index is 1780. The molecule has 0 aromatic heterocycles. The molecular formula is C38H26. The number of benzene rings is 6. The van der Waals surface area contributed by atoms with E-state index in [0.29, 0.717) is 0 Å². The van der Waals surface area contributed by atoms with Gasteiger partial charge in [-0.2, -0.15) is 0 Å². The Kier molecular flexibility index (Phi) is 4.75. The van der Waals surface area contributed by atoms with Gasteiger partial charge in [0.25, 0.3) is 0 Å². The van der Waals surface area contributed by atoms with E-state index in [1.54, 1.807) is 0 Å². The summed E-state index contributed by atoms with van der Waals surface area (Å²) in [5.74, 6) is 0.185.